The molecule has 0 aromatic heterocycles. The largest absolute Gasteiger partial charge is 0.355 e. The third-order valence-electron chi connectivity index (χ3n) is 9.36. The Labute approximate surface area is 240 Å². The number of urea groups is 1. The molecule has 13 heteroatoms. The average molecular weight is 594 g/mol. The van der Waals surface area contributed by atoms with E-state index < -0.39 is 39.6 Å². The van der Waals surface area contributed by atoms with Crippen molar-refractivity contribution in [2.45, 2.75) is 82.1 Å². The quantitative estimate of drug-likeness (QED) is 0.230. The van der Waals surface area contributed by atoms with Gasteiger partial charge in [-0.25, -0.2) is 23.1 Å². The van der Waals surface area contributed by atoms with Gasteiger partial charge >= 0.3 is 6.03 Å². The second kappa shape index (κ2) is 10.8. The Balaban J connectivity index is 1.21. The van der Waals surface area contributed by atoms with Crippen LogP contribution in [0.5, 0.6) is 0 Å². The zero-order chi connectivity index (χ0) is 29.6. The van der Waals surface area contributed by atoms with E-state index in [-0.39, 0.29) is 53.0 Å². The number of anilines is 1. The van der Waals surface area contributed by atoms with E-state index in [0.717, 1.165) is 36.1 Å². The maximum atomic E-state index is 15.1. The number of hydroxylamine groups is 1. The van der Waals surface area contributed by atoms with Gasteiger partial charge < -0.3 is 16.0 Å². The van der Waals surface area contributed by atoms with Crippen molar-refractivity contribution in [2.75, 3.05) is 25.0 Å². The molecule has 11 nitrogen and oxygen atoms in total. The number of benzene rings is 1. The molecule has 0 radical (unpaired) electrons. The molecule has 5 fully saturated rings. The number of sulfonamides is 1. The lowest BCUT2D eigenvalue weighted by molar-refractivity contribution is -0.129. The summed E-state index contributed by atoms with van der Waals surface area (Å²) in [6.07, 6.45) is 7.07. The Morgan fingerprint density at radius 2 is 1.80 bits per heavy atom. The average Bonchev–Trinajstić information content (AvgIpc) is 2.87. The van der Waals surface area contributed by atoms with Crippen LogP contribution in [-0.2, 0) is 19.6 Å². The summed E-state index contributed by atoms with van der Waals surface area (Å²) in [4.78, 5) is 36.4. The highest BCUT2D eigenvalue weighted by Gasteiger charge is 2.60. The maximum absolute atomic E-state index is 15.1. The first kappa shape index (κ1) is 29.7. The van der Waals surface area contributed by atoms with Gasteiger partial charge in [0.1, 0.15) is 5.82 Å². The standard InChI is InChI=1S/C28H40FN5O6S/c1-26-11-18-12-27(2,15-26)17-28(13-18,16-26)32-25(37)31-22-6-5-20(10-21(22)29)41(39,40)34-9-3-4-19(14-34)24(36)30-8-7-23(35)33-38/h5-6,10,18-19,38H,3-4,7-9,11-17H2,1-2H3,(H,30,36)(H,33,35)(H2,31,32,37)/t18?,19-,26?,27?,28?/m0/s1. The third-order valence-corrected chi connectivity index (χ3v) is 11.2. The molecule has 1 aliphatic heterocycles. The number of halogens is 1. The molecule has 4 amide bonds. The minimum Gasteiger partial charge on any atom is -0.355 e. The summed E-state index contributed by atoms with van der Waals surface area (Å²) in [6, 6.07) is 2.92. The first-order chi connectivity index (χ1) is 19.2. The van der Waals surface area contributed by atoms with Crippen LogP contribution < -0.4 is 21.4 Å². The number of amides is 4. The smallest absolute Gasteiger partial charge is 0.319 e. The normalized spacial score (nSPS) is 32.8. The number of piperidine rings is 1. The first-order valence-electron chi connectivity index (χ1n) is 14.3. The highest BCUT2D eigenvalue weighted by molar-refractivity contribution is 7.89. The lowest BCUT2D eigenvalue weighted by Gasteiger charge is -2.65. The van der Waals surface area contributed by atoms with Gasteiger partial charge in [0, 0.05) is 31.6 Å². The lowest BCUT2D eigenvalue weighted by atomic mass is 9.43. The van der Waals surface area contributed by atoms with Crippen LogP contribution in [0.15, 0.2) is 23.1 Å². The van der Waals surface area contributed by atoms with E-state index in [1.165, 1.54) is 30.5 Å². The molecule has 4 bridgehead atoms. The third kappa shape index (κ3) is 6.21. The molecule has 1 saturated heterocycles. The van der Waals surface area contributed by atoms with Gasteiger partial charge in [-0.15, -0.1) is 0 Å². The first-order valence-corrected chi connectivity index (χ1v) is 15.8. The van der Waals surface area contributed by atoms with Gasteiger partial charge in [-0.1, -0.05) is 13.8 Å². The van der Waals surface area contributed by atoms with Gasteiger partial charge in [0.15, 0.2) is 0 Å². The van der Waals surface area contributed by atoms with Gasteiger partial charge in [-0.3, -0.25) is 14.8 Å². The van der Waals surface area contributed by atoms with Crippen LogP contribution >= 0.6 is 0 Å². The Kier molecular flexibility index (Phi) is 7.84. The second-order valence-electron chi connectivity index (χ2n) is 13.4. The van der Waals surface area contributed by atoms with Crippen molar-refractivity contribution >= 4 is 33.6 Å². The summed E-state index contributed by atoms with van der Waals surface area (Å²) >= 11 is 0. The summed E-state index contributed by atoms with van der Waals surface area (Å²) in [5, 5.41) is 16.9. The fourth-order valence-electron chi connectivity index (χ4n) is 8.76. The molecule has 5 N–H and O–H groups in total. The minimum atomic E-state index is -4.10. The van der Waals surface area contributed by atoms with Crippen molar-refractivity contribution in [1.82, 2.24) is 20.4 Å². The fraction of sp³-hybridized carbons (Fsp3) is 0.679. The summed E-state index contributed by atoms with van der Waals surface area (Å²) in [5.74, 6) is -1.95. The number of carbonyl (C=O) groups is 3. The molecule has 3 atom stereocenters. The summed E-state index contributed by atoms with van der Waals surface area (Å²) in [6.45, 7) is 4.72. The second-order valence-corrected chi connectivity index (χ2v) is 15.3. The maximum Gasteiger partial charge on any atom is 0.319 e. The SMILES string of the molecule is CC12CC3CC(C)(C1)CC(NC(=O)Nc1ccc(S(=O)(=O)N4CCC[C@H](C(=O)NCCC(=O)NO)C4)cc1F)(C3)C2. The van der Waals surface area contributed by atoms with E-state index in [2.05, 4.69) is 29.8 Å². The van der Waals surface area contributed by atoms with Crippen molar-refractivity contribution in [3.8, 4) is 0 Å². The summed E-state index contributed by atoms with van der Waals surface area (Å²) in [7, 11) is -4.10. The van der Waals surface area contributed by atoms with Crippen LogP contribution in [0.2, 0.25) is 0 Å². The Hall–Kier alpha value is -2.77. The van der Waals surface area contributed by atoms with Crippen molar-refractivity contribution < 1.29 is 32.4 Å². The molecule has 226 valence electrons. The molecule has 4 saturated carbocycles. The molecule has 4 aliphatic carbocycles. The van der Waals surface area contributed by atoms with E-state index in [1.807, 2.05) is 0 Å². The molecule has 0 spiro atoms. The number of carbonyl (C=O) groups excluding carboxylic acids is 3. The van der Waals surface area contributed by atoms with Crippen LogP contribution in [0, 0.1) is 28.5 Å². The molecule has 6 rings (SSSR count). The van der Waals surface area contributed by atoms with Gasteiger partial charge in [0.05, 0.1) is 16.5 Å². The number of hydrogen-bond donors (Lipinski definition) is 5. The van der Waals surface area contributed by atoms with Crippen molar-refractivity contribution in [3.63, 3.8) is 0 Å². The monoisotopic (exact) mass is 593 g/mol. The molecule has 41 heavy (non-hydrogen) atoms. The van der Waals surface area contributed by atoms with Gasteiger partial charge in [-0.05, 0) is 86.3 Å². The van der Waals surface area contributed by atoms with Crippen LogP contribution in [-0.4, -0.2) is 60.9 Å². The van der Waals surface area contributed by atoms with Gasteiger partial charge in [0.25, 0.3) is 0 Å². The summed E-state index contributed by atoms with van der Waals surface area (Å²) in [5.41, 5.74) is 1.47. The van der Waals surface area contributed by atoms with Gasteiger partial charge in [-0.2, -0.15) is 4.31 Å². The highest BCUT2D eigenvalue weighted by atomic mass is 32.2. The minimum absolute atomic E-state index is 0.00205. The van der Waals surface area contributed by atoms with E-state index >= 15 is 4.39 Å². The molecule has 1 aromatic rings. The number of hydrogen-bond acceptors (Lipinski definition) is 6. The molecular formula is C28H40FN5O6S. The topological polar surface area (TPSA) is 157 Å². The van der Waals surface area contributed by atoms with Gasteiger partial charge in [0.2, 0.25) is 21.8 Å². The molecule has 1 aromatic carbocycles. The van der Waals surface area contributed by atoms with E-state index in [9.17, 15) is 22.8 Å². The predicted molar refractivity (Wildman–Crippen MR) is 148 cm³/mol. The zero-order valence-electron chi connectivity index (χ0n) is 23.6. The predicted octanol–water partition coefficient (Wildman–Crippen LogP) is 3.11. The summed E-state index contributed by atoms with van der Waals surface area (Å²) < 4.78 is 42.9. The number of nitrogens with one attached hydrogen (secondary N) is 4. The van der Waals surface area contributed by atoms with Crippen molar-refractivity contribution in [2.24, 2.45) is 22.7 Å². The highest BCUT2D eigenvalue weighted by Crippen LogP contribution is 2.66. The molecule has 2 unspecified atom stereocenters. The van der Waals surface area contributed by atoms with Crippen LogP contribution in [0.25, 0.3) is 0 Å². The molecule has 5 aliphatic rings. The van der Waals surface area contributed by atoms with E-state index in [1.54, 1.807) is 0 Å². The Morgan fingerprint density at radius 1 is 1.10 bits per heavy atom. The van der Waals surface area contributed by atoms with Crippen LogP contribution in [0.4, 0.5) is 14.9 Å². The van der Waals surface area contributed by atoms with Crippen LogP contribution in [0.3, 0.4) is 0 Å². The fourth-order valence-corrected chi connectivity index (χ4v) is 10.3. The number of rotatable bonds is 8. The number of nitrogens with zero attached hydrogens (tertiary/aromatic N) is 1. The van der Waals surface area contributed by atoms with E-state index in [4.69, 9.17) is 5.21 Å². The molecular weight excluding hydrogens is 553 g/mol. The van der Waals surface area contributed by atoms with Crippen molar-refractivity contribution in [1.29, 1.82) is 0 Å². The van der Waals surface area contributed by atoms with Crippen molar-refractivity contribution in [3.05, 3.63) is 24.0 Å². The zero-order valence-corrected chi connectivity index (χ0v) is 24.4. The van der Waals surface area contributed by atoms with Crippen LogP contribution in [0.1, 0.15) is 71.6 Å². The lowest BCUT2D eigenvalue weighted by Crippen LogP contribution is -2.65. The Bertz CT molecular complexity index is 1320. The van der Waals surface area contributed by atoms with E-state index in [0.29, 0.717) is 18.8 Å². The Morgan fingerprint density at radius 3 is 2.44 bits per heavy atom. The molecule has 1 heterocycles.